The molecule has 72 valence electrons. The Kier molecular flexibility index (Phi) is 4.46. The van der Waals surface area contributed by atoms with Crippen molar-refractivity contribution in [1.29, 1.82) is 0 Å². The summed E-state index contributed by atoms with van der Waals surface area (Å²) in [5.74, 6) is 0.0572. The zero-order valence-corrected chi connectivity index (χ0v) is 6.78. The molecule has 3 nitrogen and oxygen atoms in total. The van der Waals surface area contributed by atoms with Crippen molar-refractivity contribution in [2.24, 2.45) is 10.7 Å². The molecule has 0 aliphatic rings. The average molecular weight is 183 g/mol. The first kappa shape index (κ1) is 11.1. The minimum atomic E-state index is -4.16. The van der Waals surface area contributed by atoms with Gasteiger partial charge in [-0.05, 0) is 6.92 Å². The van der Waals surface area contributed by atoms with Crippen molar-refractivity contribution < 1.29 is 13.2 Å². The summed E-state index contributed by atoms with van der Waals surface area (Å²) < 4.78 is 34.7. The third kappa shape index (κ3) is 7.17. The quantitative estimate of drug-likeness (QED) is 0.503. The van der Waals surface area contributed by atoms with Crippen LogP contribution in [0.1, 0.15) is 13.3 Å². The van der Waals surface area contributed by atoms with Crippen molar-refractivity contribution in [3.05, 3.63) is 0 Å². The highest BCUT2D eigenvalue weighted by molar-refractivity contribution is 5.77. The maximum Gasteiger partial charge on any atom is 0.390 e. The van der Waals surface area contributed by atoms with E-state index >= 15 is 0 Å². The predicted molar refractivity (Wildman–Crippen MR) is 40.8 cm³/mol. The van der Waals surface area contributed by atoms with Crippen LogP contribution in [0.25, 0.3) is 0 Å². The summed E-state index contributed by atoms with van der Waals surface area (Å²) >= 11 is 0. The molecule has 0 heterocycles. The summed E-state index contributed by atoms with van der Waals surface area (Å²) in [5.41, 5.74) is 5.19. The number of nitrogens with one attached hydrogen (secondary N) is 1. The molecule has 0 aromatic rings. The van der Waals surface area contributed by atoms with Gasteiger partial charge >= 0.3 is 6.18 Å². The minimum Gasteiger partial charge on any atom is -0.370 e. The van der Waals surface area contributed by atoms with Crippen molar-refractivity contribution in [3.8, 4) is 0 Å². The highest BCUT2D eigenvalue weighted by Gasteiger charge is 2.25. The van der Waals surface area contributed by atoms with E-state index in [9.17, 15) is 13.2 Å². The van der Waals surface area contributed by atoms with Gasteiger partial charge in [-0.15, -0.1) is 0 Å². The van der Waals surface area contributed by atoms with Gasteiger partial charge in [-0.25, -0.2) is 0 Å². The summed E-state index contributed by atoms with van der Waals surface area (Å²) in [6.45, 7) is 2.02. The largest absolute Gasteiger partial charge is 0.390 e. The highest BCUT2D eigenvalue weighted by Crippen LogP contribution is 2.18. The lowest BCUT2D eigenvalue weighted by molar-refractivity contribution is -0.132. The zero-order valence-electron chi connectivity index (χ0n) is 6.78. The van der Waals surface area contributed by atoms with Gasteiger partial charge in [0, 0.05) is 6.54 Å². The molecule has 0 unspecified atom stereocenters. The van der Waals surface area contributed by atoms with Crippen LogP contribution in [0, 0.1) is 0 Å². The fourth-order valence-electron chi connectivity index (χ4n) is 0.540. The predicted octanol–water partition coefficient (Wildman–Crippen LogP) is 0.863. The first-order chi connectivity index (χ1) is 5.45. The summed E-state index contributed by atoms with van der Waals surface area (Å²) in [6.07, 6.45) is -5.09. The number of rotatable bonds is 3. The number of guanidine groups is 1. The maximum absolute atomic E-state index is 11.6. The second-order valence-corrected chi connectivity index (χ2v) is 2.16. The van der Waals surface area contributed by atoms with Crippen molar-refractivity contribution in [2.45, 2.75) is 19.5 Å². The van der Waals surface area contributed by atoms with Crippen LogP contribution in [0.3, 0.4) is 0 Å². The van der Waals surface area contributed by atoms with Crippen molar-refractivity contribution in [1.82, 2.24) is 5.32 Å². The number of alkyl halides is 3. The first-order valence-corrected chi connectivity index (χ1v) is 3.56. The summed E-state index contributed by atoms with van der Waals surface area (Å²) in [7, 11) is 0. The zero-order chi connectivity index (χ0) is 9.61. The van der Waals surface area contributed by atoms with E-state index in [1.165, 1.54) is 0 Å². The van der Waals surface area contributed by atoms with Crippen LogP contribution in [0.15, 0.2) is 4.99 Å². The molecule has 0 amide bonds. The molecule has 0 spiro atoms. The van der Waals surface area contributed by atoms with E-state index in [1.807, 2.05) is 0 Å². The Morgan fingerprint density at radius 1 is 1.50 bits per heavy atom. The van der Waals surface area contributed by atoms with Crippen molar-refractivity contribution >= 4 is 5.96 Å². The molecule has 6 heteroatoms. The molecular formula is C6H12F3N3. The summed E-state index contributed by atoms with van der Waals surface area (Å²) in [6, 6.07) is 0. The third-order valence-corrected chi connectivity index (χ3v) is 1.04. The third-order valence-electron chi connectivity index (χ3n) is 1.04. The van der Waals surface area contributed by atoms with Gasteiger partial charge in [-0.2, -0.15) is 13.2 Å². The molecule has 0 atom stereocenters. The van der Waals surface area contributed by atoms with Crippen LogP contribution in [-0.2, 0) is 0 Å². The second-order valence-electron chi connectivity index (χ2n) is 2.16. The van der Waals surface area contributed by atoms with Gasteiger partial charge in [0.2, 0.25) is 0 Å². The van der Waals surface area contributed by atoms with Gasteiger partial charge in [0.25, 0.3) is 0 Å². The number of hydrogen-bond donors (Lipinski definition) is 2. The van der Waals surface area contributed by atoms with E-state index in [4.69, 9.17) is 5.73 Å². The standard InChI is InChI=1S/C6H12F3N3/c1-2-11-5(10)12-4-3-6(7,8)9/h2-4H2,1H3,(H3,10,11,12). The van der Waals surface area contributed by atoms with Crippen LogP contribution < -0.4 is 11.1 Å². The Hall–Kier alpha value is -0.940. The maximum atomic E-state index is 11.6. The van der Waals surface area contributed by atoms with Gasteiger partial charge in [0.15, 0.2) is 5.96 Å². The lowest BCUT2D eigenvalue weighted by Crippen LogP contribution is -2.31. The van der Waals surface area contributed by atoms with E-state index in [0.29, 0.717) is 6.54 Å². The van der Waals surface area contributed by atoms with Crippen LogP contribution in [0.5, 0.6) is 0 Å². The monoisotopic (exact) mass is 183 g/mol. The average Bonchev–Trinajstić information content (AvgIpc) is 1.84. The highest BCUT2D eigenvalue weighted by atomic mass is 19.4. The molecule has 0 aliphatic carbocycles. The molecule has 3 N–H and O–H groups in total. The molecular weight excluding hydrogens is 171 g/mol. The van der Waals surface area contributed by atoms with Gasteiger partial charge in [0.1, 0.15) is 0 Å². The van der Waals surface area contributed by atoms with Gasteiger partial charge in [-0.1, -0.05) is 0 Å². The Bertz CT molecular complexity index is 153. The Morgan fingerprint density at radius 3 is 2.50 bits per heavy atom. The Morgan fingerprint density at radius 2 is 2.08 bits per heavy atom. The Balaban J connectivity index is 3.60. The first-order valence-electron chi connectivity index (χ1n) is 3.56. The van der Waals surface area contributed by atoms with Crippen molar-refractivity contribution in [3.63, 3.8) is 0 Å². The molecule has 0 saturated heterocycles. The number of aliphatic imine (C=N–C) groups is 1. The number of nitrogens with zero attached hydrogens (tertiary/aromatic N) is 1. The topological polar surface area (TPSA) is 50.4 Å². The lowest BCUT2D eigenvalue weighted by Gasteiger charge is -2.04. The van der Waals surface area contributed by atoms with E-state index in [-0.39, 0.29) is 12.5 Å². The van der Waals surface area contributed by atoms with Gasteiger partial charge < -0.3 is 11.1 Å². The normalized spacial score (nSPS) is 13.2. The van der Waals surface area contributed by atoms with Crippen LogP contribution >= 0.6 is 0 Å². The fraction of sp³-hybridized carbons (Fsp3) is 0.833. The van der Waals surface area contributed by atoms with Crippen LogP contribution in [-0.4, -0.2) is 25.2 Å². The second kappa shape index (κ2) is 4.84. The van der Waals surface area contributed by atoms with Crippen LogP contribution in [0.2, 0.25) is 0 Å². The SMILES string of the molecule is CCNC(N)=NCCC(F)(F)F. The fourth-order valence-corrected chi connectivity index (χ4v) is 0.540. The van der Waals surface area contributed by atoms with E-state index < -0.39 is 12.6 Å². The van der Waals surface area contributed by atoms with E-state index in [1.54, 1.807) is 6.92 Å². The van der Waals surface area contributed by atoms with Crippen LogP contribution in [0.4, 0.5) is 13.2 Å². The van der Waals surface area contributed by atoms with E-state index in [0.717, 1.165) is 0 Å². The Labute approximate surface area is 68.8 Å². The molecule has 0 aromatic heterocycles. The number of halogens is 3. The lowest BCUT2D eigenvalue weighted by atomic mass is 10.4. The molecule has 0 fully saturated rings. The molecule has 0 aliphatic heterocycles. The summed E-state index contributed by atoms with van der Waals surface area (Å²) in [4.78, 5) is 3.46. The molecule has 0 aromatic carbocycles. The number of hydrogen-bond acceptors (Lipinski definition) is 1. The number of nitrogens with two attached hydrogens (primary N) is 1. The molecule has 0 bridgehead atoms. The van der Waals surface area contributed by atoms with Gasteiger partial charge in [0.05, 0.1) is 13.0 Å². The molecule has 0 saturated carbocycles. The minimum absolute atomic E-state index is 0.0572. The molecule has 0 rings (SSSR count). The smallest absolute Gasteiger partial charge is 0.370 e. The van der Waals surface area contributed by atoms with Crippen molar-refractivity contribution in [2.75, 3.05) is 13.1 Å². The van der Waals surface area contributed by atoms with E-state index in [2.05, 4.69) is 10.3 Å². The molecule has 0 radical (unpaired) electrons. The summed E-state index contributed by atoms with van der Waals surface area (Å²) in [5, 5.41) is 2.59. The molecule has 12 heavy (non-hydrogen) atoms. The van der Waals surface area contributed by atoms with Gasteiger partial charge in [-0.3, -0.25) is 4.99 Å².